The Labute approximate surface area is 164 Å². The van der Waals surface area contributed by atoms with E-state index >= 15 is 0 Å². The lowest BCUT2D eigenvalue weighted by Crippen LogP contribution is -2.44. The van der Waals surface area contributed by atoms with Gasteiger partial charge in [-0.15, -0.1) is 0 Å². The van der Waals surface area contributed by atoms with Gasteiger partial charge in [0.2, 0.25) is 5.91 Å². The van der Waals surface area contributed by atoms with Gasteiger partial charge < -0.3 is 9.47 Å². The van der Waals surface area contributed by atoms with E-state index in [1.807, 2.05) is 19.9 Å². The SMILES string of the molecule is Cc1cc(/C=C2\SC(=O)N(CC(=O)N3CCCCC3)C2=O)c(C)n1C(C)C. The summed E-state index contributed by atoms with van der Waals surface area (Å²) in [5.41, 5.74) is 3.13. The van der Waals surface area contributed by atoms with E-state index in [1.54, 1.807) is 11.0 Å². The Bertz CT molecular complexity index is 804. The van der Waals surface area contributed by atoms with Crippen molar-refractivity contribution in [2.24, 2.45) is 0 Å². The molecule has 1 aromatic heterocycles. The van der Waals surface area contributed by atoms with Crippen LogP contribution in [0.3, 0.4) is 0 Å². The van der Waals surface area contributed by atoms with E-state index in [4.69, 9.17) is 0 Å². The number of aryl methyl sites for hydroxylation is 1. The maximum absolute atomic E-state index is 12.7. The summed E-state index contributed by atoms with van der Waals surface area (Å²) in [6.45, 7) is 9.55. The Morgan fingerprint density at radius 3 is 2.44 bits per heavy atom. The van der Waals surface area contributed by atoms with Crippen LogP contribution in [0, 0.1) is 13.8 Å². The standard InChI is InChI=1S/C20H27N3O3S/c1-13(2)23-14(3)10-16(15(23)4)11-17-19(25)22(20(26)27-17)12-18(24)21-8-6-5-7-9-21/h10-11,13H,5-9,12H2,1-4H3/b17-11-. The zero-order valence-electron chi connectivity index (χ0n) is 16.4. The maximum atomic E-state index is 12.7. The summed E-state index contributed by atoms with van der Waals surface area (Å²) in [6, 6.07) is 2.35. The molecule has 0 bridgehead atoms. The number of hydrogen-bond donors (Lipinski definition) is 0. The molecule has 3 heterocycles. The second kappa shape index (κ2) is 7.92. The number of hydrogen-bond acceptors (Lipinski definition) is 4. The van der Waals surface area contributed by atoms with Crippen molar-refractivity contribution in [2.75, 3.05) is 19.6 Å². The van der Waals surface area contributed by atoms with Crippen LogP contribution in [0.25, 0.3) is 6.08 Å². The minimum absolute atomic E-state index is 0.142. The maximum Gasteiger partial charge on any atom is 0.294 e. The lowest BCUT2D eigenvalue weighted by molar-refractivity contribution is -0.136. The van der Waals surface area contributed by atoms with Gasteiger partial charge in [0.25, 0.3) is 11.1 Å². The summed E-state index contributed by atoms with van der Waals surface area (Å²) in [5, 5.41) is -0.366. The van der Waals surface area contributed by atoms with Crippen LogP contribution < -0.4 is 0 Å². The smallest absolute Gasteiger partial charge is 0.294 e. The van der Waals surface area contributed by atoms with E-state index in [9.17, 15) is 14.4 Å². The van der Waals surface area contributed by atoms with Gasteiger partial charge in [-0.05, 0) is 76.4 Å². The topological polar surface area (TPSA) is 62.6 Å². The quantitative estimate of drug-likeness (QED) is 0.736. The van der Waals surface area contributed by atoms with Crippen LogP contribution in [-0.2, 0) is 9.59 Å². The fourth-order valence-electron chi connectivity index (χ4n) is 3.90. The van der Waals surface area contributed by atoms with Gasteiger partial charge in [0.05, 0.1) is 4.91 Å². The molecule has 0 saturated carbocycles. The summed E-state index contributed by atoms with van der Waals surface area (Å²) >= 11 is 0.916. The molecule has 0 radical (unpaired) electrons. The van der Waals surface area contributed by atoms with Gasteiger partial charge in [-0.3, -0.25) is 19.3 Å². The lowest BCUT2D eigenvalue weighted by Gasteiger charge is -2.27. The highest BCUT2D eigenvalue weighted by Gasteiger charge is 2.37. The van der Waals surface area contributed by atoms with Gasteiger partial charge in [0, 0.05) is 30.5 Å². The number of rotatable bonds is 4. The Morgan fingerprint density at radius 1 is 1.19 bits per heavy atom. The second-order valence-electron chi connectivity index (χ2n) is 7.50. The minimum atomic E-state index is -0.371. The molecule has 2 fully saturated rings. The van der Waals surface area contributed by atoms with Crippen molar-refractivity contribution in [2.45, 2.75) is 53.0 Å². The molecule has 0 aliphatic carbocycles. The third-order valence-corrected chi connectivity index (χ3v) is 6.11. The summed E-state index contributed by atoms with van der Waals surface area (Å²) < 4.78 is 2.20. The van der Waals surface area contributed by atoms with Crippen molar-refractivity contribution in [3.05, 3.63) is 27.9 Å². The number of nitrogens with zero attached hydrogens (tertiary/aromatic N) is 3. The molecule has 2 saturated heterocycles. The first-order valence-electron chi connectivity index (χ1n) is 9.51. The predicted molar refractivity (Wildman–Crippen MR) is 107 cm³/mol. The Balaban J connectivity index is 1.77. The van der Waals surface area contributed by atoms with Crippen LogP contribution in [0.5, 0.6) is 0 Å². The normalized spacial score (nSPS) is 19.7. The van der Waals surface area contributed by atoms with Crippen LogP contribution in [0.15, 0.2) is 11.0 Å². The monoisotopic (exact) mass is 389 g/mol. The molecule has 0 atom stereocenters. The predicted octanol–water partition coefficient (Wildman–Crippen LogP) is 3.73. The molecule has 27 heavy (non-hydrogen) atoms. The van der Waals surface area contributed by atoms with Gasteiger partial charge >= 0.3 is 0 Å². The fourth-order valence-corrected chi connectivity index (χ4v) is 4.73. The average Bonchev–Trinajstić information content (AvgIpc) is 3.05. The molecular formula is C20H27N3O3S. The summed E-state index contributed by atoms with van der Waals surface area (Å²) in [7, 11) is 0. The first kappa shape index (κ1) is 19.7. The Hall–Kier alpha value is -2.02. The molecule has 1 aromatic rings. The highest BCUT2D eigenvalue weighted by atomic mass is 32.2. The molecule has 0 unspecified atom stereocenters. The molecular weight excluding hydrogens is 362 g/mol. The van der Waals surface area contributed by atoms with Crippen molar-refractivity contribution in [1.82, 2.24) is 14.4 Å². The molecule has 0 aromatic carbocycles. The van der Waals surface area contributed by atoms with Crippen molar-refractivity contribution in [1.29, 1.82) is 0 Å². The number of carbonyl (C=O) groups is 3. The largest absolute Gasteiger partial charge is 0.346 e. The highest BCUT2D eigenvalue weighted by molar-refractivity contribution is 8.18. The third kappa shape index (κ3) is 3.98. The summed E-state index contributed by atoms with van der Waals surface area (Å²) in [6.07, 6.45) is 4.87. The number of thioether (sulfide) groups is 1. The lowest BCUT2D eigenvalue weighted by atomic mass is 10.1. The van der Waals surface area contributed by atoms with Gasteiger partial charge in [0.15, 0.2) is 0 Å². The van der Waals surface area contributed by atoms with Crippen LogP contribution in [0.4, 0.5) is 4.79 Å². The molecule has 0 N–H and O–H groups in total. The van der Waals surface area contributed by atoms with Crippen LogP contribution >= 0.6 is 11.8 Å². The van der Waals surface area contributed by atoms with Crippen LogP contribution in [-0.4, -0.2) is 51.1 Å². The summed E-state index contributed by atoms with van der Waals surface area (Å²) in [4.78, 5) is 40.7. The van der Waals surface area contributed by atoms with Crippen LogP contribution in [0.2, 0.25) is 0 Å². The fraction of sp³-hybridized carbons (Fsp3) is 0.550. The minimum Gasteiger partial charge on any atom is -0.346 e. The Kier molecular flexibility index (Phi) is 5.79. The number of piperidine rings is 1. The molecule has 146 valence electrons. The van der Waals surface area contributed by atoms with Crippen molar-refractivity contribution < 1.29 is 14.4 Å². The van der Waals surface area contributed by atoms with Crippen molar-refractivity contribution >= 4 is 34.9 Å². The molecule has 2 aliphatic rings. The Morgan fingerprint density at radius 2 is 1.85 bits per heavy atom. The van der Waals surface area contributed by atoms with Crippen molar-refractivity contribution in [3.63, 3.8) is 0 Å². The van der Waals surface area contributed by atoms with Gasteiger partial charge in [-0.1, -0.05) is 0 Å². The molecule has 0 spiro atoms. The van der Waals surface area contributed by atoms with Gasteiger partial charge in [0.1, 0.15) is 6.54 Å². The van der Waals surface area contributed by atoms with Crippen molar-refractivity contribution in [3.8, 4) is 0 Å². The first-order chi connectivity index (χ1) is 12.8. The molecule has 3 rings (SSSR count). The second-order valence-corrected chi connectivity index (χ2v) is 8.49. The molecule has 7 heteroatoms. The molecule has 6 nitrogen and oxygen atoms in total. The number of aromatic nitrogens is 1. The molecule has 2 aliphatic heterocycles. The zero-order valence-corrected chi connectivity index (χ0v) is 17.3. The van der Waals surface area contributed by atoms with E-state index in [-0.39, 0.29) is 23.6 Å². The highest BCUT2D eigenvalue weighted by Crippen LogP contribution is 2.33. The average molecular weight is 390 g/mol. The molecule has 3 amide bonds. The van der Waals surface area contributed by atoms with E-state index < -0.39 is 0 Å². The third-order valence-electron chi connectivity index (χ3n) is 5.20. The first-order valence-corrected chi connectivity index (χ1v) is 10.3. The van der Waals surface area contributed by atoms with Crippen LogP contribution in [0.1, 0.15) is 56.1 Å². The van der Waals surface area contributed by atoms with E-state index in [1.165, 1.54) is 0 Å². The van der Waals surface area contributed by atoms with E-state index in [0.29, 0.717) is 24.0 Å². The number of carbonyl (C=O) groups excluding carboxylic acids is 3. The van der Waals surface area contributed by atoms with E-state index in [2.05, 4.69) is 18.4 Å². The van der Waals surface area contributed by atoms with E-state index in [0.717, 1.165) is 52.9 Å². The summed E-state index contributed by atoms with van der Waals surface area (Å²) in [5.74, 6) is -0.513. The zero-order chi connectivity index (χ0) is 19.7. The number of likely N-dealkylation sites (tertiary alicyclic amines) is 1. The van der Waals surface area contributed by atoms with Gasteiger partial charge in [-0.2, -0.15) is 0 Å². The van der Waals surface area contributed by atoms with Gasteiger partial charge in [-0.25, -0.2) is 0 Å². The number of amides is 3. The number of imide groups is 1.